The molecule has 0 saturated carbocycles. The Hall–Kier alpha value is -4.79. The lowest BCUT2D eigenvalue weighted by atomic mass is 9.83. The summed E-state index contributed by atoms with van der Waals surface area (Å²) < 4.78 is 1.77. The first-order chi connectivity index (χ1) is 20.1. The van der Waals surface area contributed by atoms with Crippen molar-refractivity contribution in [2.45, 2.75) is 6.17 Å². The minimum absolute atomic E-state index is 0.0319. The Balaban J connectivity index is 1.33. The number of aromatic nitrogens is 2. The molecule has 0 bridgehead atoms. The van der Waals surface area contributed by atoms with Crippen LogP contribution in [-0.2, 0) is 0 Å². The number of thiophene rings is 2. The van der Waals surface area contributed by atoms with E-state index >= 15 is 0 Å². The van der Waals surface area contributed by atoms with Gasteiger partial charge in [-0.3, -0.25) is 18.9 Å². The summed E-state index contributed by atoms with van der Waals surface area (Å²) in [6, 6.07) is 20.9. The van der Waals surface area contributed by atoms with Gasteiger partial charge in [-0.25, -0.2) is 4.98 Å². The van der Waals surface area contributed by atoms with E-state index in [2.05, 4.69) is 59.8 Å². The van der Waals surface area contributed by atoms with E-state index in [1.165, 1.54) is 0 Å². The molecule has 6 heterocycles. The fourth-order valence-electron chi connectivity index (χ4n) is 7.84. The molecular formula is C33H16N4O2S2. The zero-order valence-electron chi connectivity index (χ0n) is 21.4. The smallest absolute Gasteiger partial charge is 0.264 e. The van der Waals surface area contributed by atoms with Gasteiger partial charge in [-0.05, 0) is 73.4 Å². The molecule has 0 saturated heterocycles. The fraction of sp³-hybridized carbons (Fsp3) is 0.0606. The van der Waals surface area contributed by atoms with E-state index in [0.717, 1.165) is 80.6 Å². The summed E-state index contributed by atoms with van der Waals surface area (Å²) in [5.41, 5.74) is 4.43. The van der Waals surface area contributed by atoms with Crippen LogP contribution in [0, 0.1) is 0 Å². The third-order valence-electron chi connectivity index (χ3n) is 9.44. The van der Waals surface area contributed by atoms with E-state index in [-0.39, 0.29) is 17.6 Å². The number of hydrogen-bond donors (Lipinski definition) is 0. The van der Waals surface area contributed by atoms with E-state index in [0.29, 0.717) is 11.0 Å². The monoisotopic (exact) mass is 564 g/mol. The van der Waals surface area contributed by atoms with Gasteiger partial charge in [0.1, 0.15) is 21.6 Å². The average Bonchev–Trinajstić information content (AvgIpc) is 3.77. The van der Waals surface area contributed by atoms with E-state index in [9.17, 15) is 9.59 Å². The fourth-order valence-corrected chi connectivity index (χ4v) is 9.47. The summed E-state index contributed by atoms with van der Waals surface area (Å²) in [4.78, 5) is 37.9. The van der Waals surface area contributed by atoms with Crippen molar-refractivity contribution in [3.8, 4) is 0 Å². The lowest BCUT2D eigenvalue weighted by Crippen LogP contribution is -2.41. The number of imidazole rings is 1. The highest BCUT2D eigenvalue weighted by molar-refractivity contribution is 7.16. The van der Waals surface area contributed by atoms with Gasteiger partial charge in [0.15, 0.2) is 0 Å². The van der Waals surface area contributed by atoms with Gasteiger partial charge in [0.25, 0.3) is 11.5 Å². The van der Waals surface area contributed by atoms with Crippen molar-refractivity contribution in [3.05, 3.63) is 92.9 Å². The predicted octanol–water partition coefficient (Wildman–Crippen LogP) is 7.72. The van der Waals surface area contributed by atoms with Crippen LogP contribution in [0.4, 0.5) is 10.7 Å². The highest BCUT2D eigenvalue weighted by Crippen LogP contribution is 2.55. The molecular weight excluding hydrogens is 549 g/mol. The quantitative estimate of drug-likeness (QED) is 0.140. The number of anilines is 2. The minimum Gasteiger partial charge on any atom is -0.340 e. The number of nitrogens with zero attached hydrogens (tertiary/aromatic N) is 4. The molecule has 1 unspecified atom stereocenters. The maximum atomic E-state index is 14.1. The zero-order chi connectivity index (χ0) is 26.9. The molecule has 11 rings (SSSR count). The van der Waals surface area contributed by atoms with Gasteiger partial charge in [0.05, 0.1) is 11.2 Å². The highest BCUT2D eigenvalue weighted by Gasteiger charge is 2.44. The first-order valence-corrected chi connectivity index (χ1v) is 15.2. The molecule has 4 aromatic heterocycles. The van der Waals surface area contributed by atoms with Gasteiger partial charge >= 0.3 is 0 Å². The molecule has 0 radical (unpaired) electrons. The molecule has 5 aromatic carbocycles. The van der Waals surface area contributed by atoms with Crippen molar-refractivity contribution in [1.82, 2.24) is 9.38 Å². The van der Waals surface area contributed by atoms with Crippen molar-refractivity contribution in [3.63, 3.8) is 0 Å². The second kappa shape index (κ2) is 6.57. The van der Waals surface area contributed by atoms with Gasteiger partial charge in [-0.1, -0.05) is 30.3 Å². The molecule has 1 atom stereocenters. The lowest BCUT2D eigenvalue weighted by Gasteiger charge is -2.35. The summed E-state index contributed by atoms with van der Waals surface area (Å²) in [5, 5.41) is 15.5. The molecule has 1 amide bonds. The third-order valence-corrected chi connectivity index (χ3v) is 11.2. The van der Waals surface area contributed by atoms with E-state index in [1.54, 1.807) is 27.1 Å². The second-order valence-corrected chi connectivity index (χ2v) is 12.9. The first kappa shape index (κ1) is 21.0. The Labute approximate surface area is 238 Å². The van der Waals surface area contributed by atoms with Gasteiger partial charge in [-0.15, -0.1) is 22.7 Å². The number of fused-ring (bicyclic) bond motifs is 10. The summed E-state index contributed by atoms with van der Waals surface area (Å²) in [5.74, 6) is 0.0450. The molecule has 0 spiro atoms. The van der Waals surface area contributed by atoms with Crippen LogP contribution in [0.25, 0.3) is 69.9 Å². The van der Waals surface area contributed by atoms with Crippen molar-refractivity contribution in [2.24, 2.45) is 0 Å². The maximum Gasteiger partial charge on any atom is 0.264 e. The number of benzene rings is 5. The SMILES string of the molecule is CN1c2sccc2N2C(=O)c3ccc4c5ccc6c7c(ccc(c8ccc(c3c84)C12)c57)c(=O)n1c2ccsc2nc61. The largest absolute Gasteiger partial charge is 0.340 e. The van der Waals surface area contributed by atoms with Crippen molar-refractivity contribution < 1.29 is 4.79 Å². The summed E-state index contributed by atoms with van der Waals surface area (Å²) >= 11 is 3.23. The number of rotatable bonds is 0. The topological polar surface area (TPSA) is 57.9 Å². The molecule has 0 fully saturated rings. The molecule has 6 nitrogen and oxygen atoms in total. The van der Waals surface area contributed by atoms with Crippen molar-refractivity contribution >= 4 is 109 Å². The number of hydrogen-bond acceptors (Lipinski definition) is 6. The number of carbonyl (C=O) groups is 1. The van der Waals surface area contributed by atoms with Gasteiger partial charge in [-0.2, -0.15) is 0 Å². The van der Waals surface area contributed by atoms with Crippen molar-refractivity contribution in [2.75, 3.05) is 16.8 Å². The Morgan fingerprint density at radius 2 is 1.37 bits per heavy atom. The normalized spacial score (nSPS) is 16.7. The van der Waals surface area contributed by atoms with Crippen LogP contribution in [0.2, 0.25) is 0 Å². The lowest BCUT2D eigenvalue weighted by molar-refractivity contribution is 0.0977. The Bertz CT molecular complexity index is 2720. The average molecular weight is 565 g/mol. The third kappa shape index (κ3) is 2.12. The zero-order valence-corrected chi connectivity index (χ0v) is 23.1. The molecule has 8 heteroatoms. The summed E-state index contributed by atoms with van der Waals surface area (Å²) in [7, 11) is 2.08. The summed E-state index contributed by atoms with van der Waals surface area (Å²) in [6.07, 6.45) is -0.163. The molecule has 0 aliphatic carbocycles. The van der Waals surface area contributed by atoms with Crippen LogP contribution in [0.1, 0.15) is 22.1 Å². The Kier molecular flexibility index (Phi) is 3.37. The number of amides is 1. The van der Waals surface area contributed by atoms with Crippen LogP contribution in [0.3, 0.4) is 0 Å². The van der Waals surface area contributed by atoms with Gasteiger partial charge in [0, 0.05) is 39.7 Å². The maximum absolute atomic E-state index is 14.1. The predicted molar refractivity (Wildman–Crippen MR) is 169 cm³/mol. The standard InChI is InChI=1S/C33H16N4O2S2/c1-35-30-19-7-3-15-16-4-8-20-26-18(28-34-29-22(10-12-40-29)36(28)31(20)38)6-2-14(24(16)26)17-5-9-21(27(19)25(15)17)32(39)37(30)23-11-13-41-33(23)35/h2-13,30H,1H3. The number of pyridine rings is 1. The first-order valence-electron chi connectivity index (χ1n) is 13.5. The molecule has 2 aliphatic rings. The molecule has 192 valence electrons. The van der Waals surface area contributed by atoms with Gasteiger partial charge < -0.3 is 4.90 Å². The highest BCUT2D eigenvalue weighted by atomic mass is 32.1. The Morgan fingerprint density at radius 3 is 2.20 bits per heavy atom. The van der Waals surface area contributed by atoms with Crippen molar-refractivity contribution in [1.29, 1.82) is 0 Å². The van der Waals surface area contributed by atoms with Crippen LogP contribution in [0.5, 0.6) is 0 Å². The summed E-state index contributed by atoms with van der Waals surface area (Å²) in [6.45, 7) is 0. The van der Waals surface area contributed by atoms with E-state index < -0.39 is 0 Å². The Morgan fingerprint density at radius 1 is 0.707 bits per heavy atom. The van der Waals surface area contributed by atoms with Gasteiger partial charge in [0.2, 0.25) is 0 Å². The van der Waals surface area contributed by atoms with Crippen LogP contribution in [0.15, 0.2) is 76.2 Å². The van der Waals surface area contributed by atoms with Crippen LogP contribution < -0.4 is 15.4 Å². The molecule has 9 aromatic rings. The minimum atomic E-state index is -0.163. The second-order valence-electron chi connectivity index (χ2n) is 11.1. The van der Waals surface area contributed by atoms with E-state index in [1.807, 2.05) is 28.5 Å². The van der Waals surface area contributed by atoms with E-state index in [4.69, 9.17) is 4.98 Å². The van der Waals surface area contributed by atoms with Crippen LogP contribution >= 0.6 is 22.7 Å². The molecule has 0 N–H and O–H groups in total. The molecule has 2 aliphatic heterocycles. The molecule has 41 heavy (non-hydrogen) atoms. The number of carbonyl (C=O) groups excluding carboxylic acids is 1. The van der Waals surface area contributed by atoms with Crippen LogP contribution in [-0.4, -0.2) is 22.3 Å².